The second-order valence-corrected chi connectivity index (χ2v) is 8.96. The molecule has 0 saturated carbocycles. The third kappa shape index (κ3) is 6.59. The van der Waals surface area contributed by atoms with E-state index in [1.54, 1.807) is 0 Å². The van der Waals surface area contributed by atoms with Gasteiger partial charge in [0.15, 0.2) is 5.78 Å². The first-order chi connectivity index (χ1) is 12.0. The van der Waals surface area contributed by atoms with Crippen LogP contribution in [0.1, 0.15) is 80.9 Å². The maximum atomic E-state index is 13.3. The lowest BCUT2D eigenvalue weighted by atomic mass is 9.79. The summed E-state index contributed by atoms with van der Waals surface area (Å²) in [5.74, 6) is -0.929. The molecular formula is C23H36O3. The molecule has 0 spiro atoms. The van der Waals surface area contributed by atoms with E-state index in [9.17, 15) is 9.59 Å². The van der Waals surface area contributed by atoms with Crippen molar-refractivity contribution in [3.05, 3.63) is 34.4 Å². The predicted molar refractivity (Wildman–Crippen MR) is 108 cm³/mol. The van der Waals surface area contributed by atoms with Crippen LogP contribution in [0.2, 0.25) is 0 Å². The predicted octanol–water partition coefficient (Wildman–Crippen LogP) is 5.83. The Morgan fingerprint density at radius 1 is 1.08 bits per heavy atom. The van der Waals surface area contributed by atoms with E-state index < -0.39 is 5.92 Å². The minimum absolute atomic E-state index is 0.0955. The molecule has 1 aromatic carbocycles. The molecule has 26 heavy (non-hydrogen) atoms. The number of hydrogen-bond donors (Lipinski definition) is 0. The van der Waals surface area contributed by atoms with Crippen molar-refractivity contribution in [2.24, 2.45) is 17.3 Å². The summed E-state index contributed by atoms with van der Waals surface area (Å²) in [4.78, 5) is 26.0. The Hall–Kier alpha value is -1.64. The van der Waals surface area contributed by atoms with Crippen LogP contribution < -0.4 is 0 Å². The summed E-state index contributed by atoms with van der Waals surface area (Å²) >= 11 is 0. The SMILES string of the molecule is CCCOC(=O)C(CC(C)CC(C)(C)C)C(=O)c1c(C)cc(C)cc1C. The van der Waals surface area contributed by atoms with Crippen LogP contribution in [-0.4, -0.2) is 18.4 Å². The molecule has 146 valence electrons. The Morgan fingerprint density at radius 2 is 1.62 bits per heavy atom. The fraction of sp³-hybridized carbons (Fsp3) is 0.652. The molecule has 0 fully saturated rings. The lowest BCUT2D eigenvalue weighted by molar-refractivity contribution is -0.147. The molecule has 0 aliphatic heterocycles. The highest BCUT2D eigenvalue weighted by Gasteiger charge is 2.33. The number of hydrogen-bond acceptors (Lipinski definition) is 3. The average molecular weight is 361 g/mol. The van der Waals surface area contributed by atoms with E-state index in [1.165, 1.54) is 0 Å². The molecule has 0 saturated heterocycles. The van der Waals surface area contributed by atoms with Gasteiger partial charge in [0, 0.05) is 5.56 Å². The van der Waals surface area contributed by atoms with E-state index in [2.05, 4.69) is 27.7 Å². The molecule has 0 amide bonds. The Kier molecular flexibility index (Phi) is 8.05. The van der Waals surface area contributed by atoms with Crippen molar-refractivity contribution in [3.63, 3.8) is 0 Å². The third-order valence-electron chi connectivity index (χ3n) is 4.57. The summed E-state index contributed by atoms with van der Waals surface area (Å²) in [6.07, 6.45) is 2.25. The number of aryl methyl sites for hydroxylation is 3. The monoisotopic (exact) mass is 360 g/mol. The van der Waals surface area contributed by atoms with Crippen LogP contribution in [0.25, 0.3) is 0 Å². The first-order valence-corrected chi connectivity index (χ1v) is 9.75. The number of Topliss-reactive ketones (excluding diaryl/α,β-unsaturated/α-hetero) is 1. The van der Waals surface area contributed by atoms with Crippen LogP contribution in [0.15, 0.2) is 12.1 Å². The van der Waals surface area contributed by atoms with Crippen molar-refractivity contribution < 1.29 is 14.3 Å². The molecule has 0 aromatic heterocycles. The molecular weight excluding hydrogens is 324 g/mol. The zero-order valence-electron chi connectivity index (χ0n) is 17.9. The minimum Gasteiger partial charge on any atom is -0.465 e. The summed E-state index contributed by atoms with van der Waals surface area (Å²) in [5.41, 5.74) is 3.84. The second-order valence-electron chi connectivity index (χ2n) is 8.96. The lowest BCUT2D eigenvalue weighted by Gasteiger charge is -2.26. The van der Waals surface area contributed by atoms with Crippen LogP contribution >= 0.6 is 0 Å². The molecule has 0 heterocycles. The van der Waals surface area contributed by atoms with E-state index in [-0.39, 0.29) is 23.1 Å². The zero-order valence-corrected chi connectivity index (χ0v) is 17.9. The van der Waals surface area contributed by atoms with E-state index in [0.717, 1.165) is 29.5 Å². The number of esters is 1. The van der Waals surface area contributed by atoms with Gasteiger partial charge in [0.1, 0.15) is 5.92 Å². The average Bonchev–Trinajstić information content (AvgIpc) is 2.47. The lowest BCUT2D eigenvalue weighted by Crippen LogP contribution is -2.30. The van der Waals surface area contributed by atoms with Gasteiger partial charge in [-0.3, -0.25) is 9.59 Å². The number of ketones is 1. The first-order valence-electron chi connectivity index (χ1n) is 9.75. The quantitative estimate of drug-likeness (QED) is 0.333. The Morgan fingerprint density at radius 3 is 2.08 bits per heavy atom. The first kappa shape index (κ1) is 22.4. The van der Waals surface area contributed by atoms with Crippen molar-refractivity contribution in [1.82, 2.24) is 0 Å². The van der Waals surface area contributed by atoms with Gasteiger partial charge >= 0.3 is 5.97 Å². The van der Waals surface area contributed by atoms with Gasteiger partial charge in [-0.05, 0) is 62.5 Å². The summed E-state index contributed by atoms with van der Waals surface area (Å²) < 4.78 is 5.37. The molecule has 3 heteroatoms. The molecule has 1 rings (SSSR count). The van der Waals surface area contributed by atoms with Crippen molar-refractivity contribution >= 4 is 11.8 Å². The standard InChI is InChI=1S/C23H36O3/c1-9-10-26-22(25)19(13-16(3)14-23(6,7)8)21(24)20-17(4)11-15(2)12-18(20)5/h11-12,16,19H,9-10,13-14H2,1-8H3. The van der Waals surface area contributed by atoms with Crippen LogP contribution in [-0.2, 0) is 9.53 Å². The molecule has 1 aromatic rings. The zero-order chi connectivity index (χ0) is 20.1. The van der Waals surface area contributed by atoms with Gasteiger partial charge in [-0.25, -0.2) is 0 Å². The number of rotatable bonds is 8. The van der Waals surface area contributed by atoms with Gasteiger partial charge in [-0.15, -0.1) is 0 Å². The fourth-order valence-electron chi connectivity index (χ4n) is 3.89. The Bertz CT molecular complexity index is 614. The molecule has 2 unspecified atom stereocenters. The summed E-state index contributed by atoms with van der Waals surface area (Å²) in [6.45, 7) is 16.9. The van der Waals surface area contributed by atoms with Gasteiger partial charge in [-0.2, -0.15) is 0 Å². The molecule has 2 atom stereocenters. The van der Waals surface area contributed by atoms with Crippen molar-refractivity contribution in [2.45, 2.75) is 74.7 Å². The number of ether oxygens (including phenoxy) is 1. The fourth-order valence-corrected chi connectivity index (χ4v) is 3.89. The van der Waals surface area contributed by atoms with Crippen LogP contribution in [0.5, 0.6) is 0 Å². The van der Waals surface area contributed by atoms with Crippen molar-refractivity contribution in [3.8, 4) is 0 Å². The van der Waals surface area contributed by atoms with E-state index in [0.29, 0.717) is 18.6 Å². The number of carbonyl (C=O) groups is 2. The van der Waals surface area contributed by atoms with Crippen molar-refractivity contribution in [1.29, 1.82) is 0 Å². The molecule has 0 aliphatic carbocycles. The van der Waals surface area contributed by atoms with Crippen LogP contribution in [0.3, 0.4) is 0 Å². The number of benzene rings is 1. The maximum Gasteiger partial charge on any atom is 0.316 e. The van der Waals surface area contributed by atoms with Gasteiger partial charge in [0.2, 0.25) is 0 Å². The number of carbonyl (C=O) groups excluding carboxylic acids is 2. The van der Waals surface area contributed by atoms with E-state index >= 15 is 0 Å². The molecule has 0 aliphatic rings. The third-order valence-corrected chi connectivity index (χ3v) is 4.57. The Labute approximate surface area is 159 Å². The summed E-state index contributed by atoms with van der Waals surface area (Å²) in [7, 11) is 0. The maximum absolute atomic E-state index is 13.3. The van der Waals surface area contributed by atoms with Crippen LogP contribution in [0, 0.1) is 38.0 Å². The highest BCUT2D eigenvalue weighted by atomic mass is 16.5. The highest BCUT2D eigenvalue weighted by Crippen LogP contribution is 2.31. The minimum atomic E-state index is -0.723. The second kappa shape index (κ2) is 9.34. The topological polar surface area (TPSA) is 43.4 Å². The molecule has 3 nitrogen and oxygen atoms in total. The van der Waals surface area contributed by atoms with Gasteiger partial charge in [-0.1, -0.05) is 52.3 Å². The molecule has 0 N–H and O–H groups in total. The van der Waals surface area contributed by atoms with Crippen LogP contribution in [0.4, 0.5) is 0 Å². The van der Waals surface area contributed by atoms with Gasteiger partial charge < -0.3 is 4.74 Å². The molecule has 0 radical (unpaired) electrons. The summed E-state index contributed by atoms with van der Waals surface area (Å²) in [5, 5.41) is 0. The largest absolute Gasteiger partial charge is 0.465 e. The highest BCUT2D eigenvalue weighted by molar-refractivity contribution is 6.10. The Balaban J connectivity index is 3.15. The smallest absolute Gasteiger partial charge is 0.316 e. The van der Waals surface area contributed by atoms with Crippen molar-refractivity contribution in [2.75, 3.05) is 6.61 Å². The summed E-state index contributed by atoms with van der Waals surface area (Å²) in [6, 6.07) is 4.01. The van der Waals surface area contributed by atoms with Gasteiger partial charge in [0.25, 0.3) is 0 Å². The molecule has 0 bridgehead atoms. The van der Waals surface area contributed by atoms with E-state index in [1.807, 2.05) is 39.8 Å². The van der Waals surface area contributed by atoms with E-state index in [4.69, 9.17) is 4.74 Å². The normalized spacial score (nSPS) is 14.0. The van der Waals surface area contributed by atoms with Gasteiger partial charge in [0.05, 0.1) is 6.61 Å².